The van der Waals surface area contributed by atoms with Crippen LogP contribution in [0.15, 0.2) is 18.2 Å². The molecule has 1 aromatic heterocycles. The first-order valence-corrected chi connectivity index (χ1v) is 6.65. The molecule has 2 rings (SSSR count). The van der Waals surface area contributed by atoms with E-state index in [-0.39, 0.29) is 11.4 Å². The molecule has 0 aliphatic heterocycles. The molecule has 0 aliphatic carbocycles. The molecule has 116 valence electrons. The molecule has 2 aromatic rings. The number of carbonyl (C=O) groups excluding carboxylic acids is 2. The summed E-state index contributed by atoms with van der Waals surface area (Å²) in [7, 11) is 1.52. The van der Waals surface area contributed by atoms with E-state index in [0.717, 1.165) is 5.56 Å². The van der Waals surface area contributed by atoms with Gasteiger partial charge in [-0.25, -0.2) is 4.79 Å². The molecule has 0 unspecified atom stereocenters. The number of H-pyrrole nitrogens is 1. The van der Waals surface area contributed by atoms with E-state index in [1.54, 1.807) is 12.1 Å². The highest BCUT2D eigenvalue weighted by Crippen LogP contribution is 2.35. The number of nitrogens with two attached hydrogens (primary N) is 2. The summed E-state index contributed by atoms with van der Waals surface area (Å²) in [6.45, 7) is 1.85. The standard InChI is InChI=1S/C14H15ClN4O3/c1-6-3-11(22-2)7(4-9(6)15)10-5-8(12(16)20)13(18-10)19-14(17)21/h3-5,18H,1-2H3,(H2,16,20)(H3,17,19,21). The van der Waals surface area contributed by atoms with E-state index in [1.807, 2.05) is 6.92 Å². The van der Waals surface area contributed by atoms with Crippen LogP contribution >= 0.6 is 11.6 Å². The molecule has 0 saturated heterocycles. The number of benzene rings is 1. The molecule has 0 atom stereocenters. The average molecular weight is 323 g/mol. The van der Waals surface area contributed by atoms with Gasteiger partial charge in [0, 0.05) is 10.6 Å². The number of rotatable bonds is 4. The Labute approximate surface area is 131 Å². The minimum Gasteiger partial charge on any atom is -0.496 e. The third kappa shape index (κ3) is 2.99. The normalized spacial score (nSPS) is 10.3. The number of hydrogen-bond acceptors (Lipinski definition) is 3. The predicted molar refractivity (Wildman–Crippen MR) is 84.3 cm³/mol. The van der Waals surface area contributed by atoms with Gasteiger partial charge in [-0.05, 0) is 30.7 Å². The van der Waals surface area contributed by atoms with Gasteiger partial charge in [0.25, 0.3) is 5.91 Å². The number of primary amides is 2. The Morgan fingerprint density at radius 3 is 2.50 bits per heavy atom. The van der Waals surface area contributed by atoms with Crippen LogP contribution in [0.25, 0.3) is 11.3 Å². The topological polar surface area (TPSA) is 123 Å². The van der Waals surface area contributed by atoms with Crippen LogP contribution in [0.5, 0.6) is 5.75 Å². The van der Waals surface area contributed by atoms with Crippen LogP contribution in [0.3, 0.4) is 0 Å². The van der Waals surface area contributed by atoms with Crippen molar-refractivity contribution in [2.45, 2.75) is 6.92 Å². The van der Waals surface area contributed by atoms with Gasteiger partial charge in [0.1, 0.15) is 11.6 Å². The number of aryl methyl sites for hydroxylation is 1. The summed E-state index contributed by atoms with van der Waals surface area (Å²) >= 11 is 6.14. The van der Waals surface area contributed by atoms with E-state index in [9.17, 15) is 9.59 Å². The number of urea groups is 1. The number of methoxy groups -OCH3 is 1. The van der Waals surface area contributed by atoms with Gasteiger partial charge in [-0.3, -0.25) is 10.1 Å². The molecule has 0 saturated carbocycles. The summed E-state index contributed by atoms with van der Waals surface area (Å²) in [6, 6.07) is 4.14. The van der Waals surface area contributed by atoms with Crippen LogP contribution in [0.4, 0.5) is 10.6 Å². The van der Waals surface area contributed by atoms with E-state index >= 15 is 0 Å². The summed E-state index contributed by atoms with van der Waals surface area (Å²) < 4.78 is 5.32. The molecule has 0 radical (unpaired) electrons. The lowest BCUT2D eigenvalue weighted by Gasteiger charge is -2.09. The van der Waals surface area contributed by atoms with E-state index in [1.165, 1.54) is 13.2 Å². The number of aromatic nitrogens is 1. The zero-order valence-electron chi connectivity index (χ0n) is 12.0. The van der Waals surface area contributed by atoms with Crippen molar-refractivity contribution in [1.29, 1.82) is 0 Å². The average Bonchev–Trinajstić information content (AvgIpc) is 2.84. The van der Waals surface area contributed by atoms with E-state index in [4.69, 9.17) is 27.8 Å². The monoisotopic (exact) mass is 322 g/mol. The summed E-state index contributed by atoms with van der Waals surface area (Å²) in [4.78, 5) is 25.4. The highest BCUT2D eigenvalue weighted by Gasteiger charge is 2.18. The largest absolute Gasteiger partial charge is 0.496 e. The molecule has 7 nitrogen and oxygen atoms in total. The molecular formula is C14H15ClN4O3. The van der Waals surface area contributed by atoms with Crippen LogP contribution in [-0.4, -0.2) is 24.0 Å². The minimum atomic E-state index is -0.815. The van der Waals surface area contributed by atoms with Crippen molar-refractivity contribution in [1.82, 2.24) is 4.98 Å². The van der Waals surface area contributed by atoms with Gasteiger partial charge in [-0.1, -0.05) is 11.6 Å². The van der Waals surface area contributed by atoms with Gasteiger partial charge < -0.3 is 21.2 Å². The van der Waals surface area contributed by atoms with Crippen molar-refractivity contribution in [3.63, 3.8) is 0 Å². The second kappa shape index (κ2) is 5.98. The Hall–Kier alpha value is -2.67. The van der Waals surface area contributed by atoms with Crippen LogP contribution in [-0.2, 0) is 0 Å². The lowest BCUT2D eigenvalue weighted by Crippen LogP contribution is -2.22. The van der Waals surface area contributed by atoms with Crippen LogP contribution < -0.4 is 21.5 Å². The Morgan fingerprint density at radius 2 is 1.95 bits per heavy atom. The third-order valence-electron chi connectivity index (χ3n) is 3.10. The molecule has 6 N–H and O–H groups in total. The number of nitrogens with one attached hydrogen (secondary N) is 2. The van der Waals surface area contributed by atoms with Gasteiger partial charge in [0.2, 0.25) is 0 Å². The first kappa shape index (κ1) is 15.7. The fourth-order valence-corrected chi connectivity index (χ4v) is 2.21. The Bertz CT molecular complexity index is 755. The Balaban J connectivity index is 2.60. The van der Waals surface area contributed by atoms with E-state index < -0.39 is 11.9 Å². The molecule has 0 fully saturated rings. The summed E-state index contributed by atoms with van der Waals surface area (Å²) in [5.74, 6) is -0.0260. The molecule has 8 heteroatoms. The van der Waals surface area contributed by atoms with Crippen molar-refractivity contribution < 1.29 is 14.3 Å². The second-order valence-corrected chi connectivity index (χ2v) is 5.03. The molecule has 1 heterocycles. The van der Waals surface area contributed by atoms with Crippen LogP contribution in [0.1, 0.15) is 15.9 Å². The SMILES string of the molecule is COc1cc(C)c(Cl)cc1-c1cc(C(N)=O)c(NC(N)=O)[nH]1. The smallest absolute Gasteiger partial charge is 0.317 e. The number of ether oxygens (including phenoxy) is 1. The van der Waals surface area contributed by atoms with Gasteiger partial charge in [0.05, 0.1) is 18.4 Å². The lowest BCUT2D eigenvalue weighted by molar-refractivity contribution is 0.100. The summed E-state index contributed by atoms with van der Waals surface area (Å²) in [6.07, 6.45) is 0. The fraction of sp³-hybridized carbons (Fsp3) is 0.143. The van der Waals surface area contributed by atoms with Crippen molar-refractivity contribution in [2.24, 2.45) is 11.5 Å². The zero-order chi connectivity index (χ0) is 16.4. The molecule has 0 bridgehead atoms. The third-order valence-corrected chi connectivity index (χ3v) is 3.51. The maximum atomic E-state index is 11.5. The Kier molecular flexibility index (Phi) is 4.27. The highest BCUT2D eigenvalue weighted by molar-refractivity contribution is 6.31. The molecule has 0 spiro atoms. The first-order valence-electron chi connectivity index (χ1n) is 6.27. The van der Waals surface area contributed by atoms with Gasteiger partial charge in [-0.15, -0.1) is 0 Å². The zero-order valence-corrected chi connectivity index (χ0v) is 12.7. The second-order valence-electron chi connectivity index (χ2n) is 4.63. The maximum absolute atomic E-state index is 11.5. The summed E-state index contributed by atoms with van der Waals surface area (Å²) in [5, 5.41) is 2.85. The first-order chi connectivity index (χ1) is 10.3. The maximum Gasteiger partial charge on any atom is 0.317 e. The number of halogens is 1. The van der Waals surface area contributed by atoms with Crippen molar-refractivity contribution in [2.75, 3.05) is 12.4 Å². The lowest BCUT2D eigenvalue weighted by atomic mass is 10.1. The number of hydrogen-bond donors (Lipinski definition) is 4. The number of aromatic amines is 1. The number of carbonyl (C=O) groups is 2. The Morgan fingerprint density at radius 1 is 1.27 bits per heavy atom. The van der Waals surface area contributed by atoms with Crippen molar-refractivity contribution in [3.05, 3.63) is 34.3 Å². The molecule has 3 amide bonds. The van der Waals surface area contributed by atoms with Crippen LogP contribution in [0.2, 0.25) is 5.02 Å². The van der Waals surface area contributed by atoms with Gasteiger partial charge >= 0.3 is 6.03 Å². The number of anilines is 1. The van der Waals surface area contributed by atoms with Crippen LogP contribution in [0, 0.1) is 6.92 Å². The minimum absolute atomic E-state index is 0.104. The fourth-order valence-electron chi connectivity index (χ4n) is 2.05. The number of amides is 3. The molecular weight excluding hydrogens is 308 g/mol. The predicted octanol–water partition coefficient (Wildman–Crippen LogP) is 2.24. The summed E-state index contributed by atoms with van der Waals surface area (Å²) in [5.41, 5.74) is 12.5. The molecule has 0 aliphatic rings. The van der Waals surface area contributed by atoms with Crippen molar-refractivity contribution >= 4 is 29.4 Å². The highest BCUT2D eigenvalue weighted by atomic mass is 35.5. The van der Waals surface area contributed by atoms with E-state index in [0.29, 0.717) is 22.0 Å². The van der Waals surface area contributed by atoms with Gasteiger partial charge in [0.15, 0.2) is 0 Å². The molecule has 1 aromatic carbocycles. The quantitative estimate of drug-likeness (QED) is 0.690. The van der Waals surface area contributed by atoms with Gasteiger partial charge in [-0.2, -0.15) is 0 Å². The van der Waals surface area contributed by atoms with Crippen molar-refractivity contribution in [3.8, 4) is 17.0 Å². The molecule has 22 heavy (non-hydrogen) atoms. The van der Waals surface area contributed by atoms with E-state index in [2.05, 4.69) is 10.3 Å².